The number of halogens is 1. The predicted molar refractivity (Wildman–Crippen MR) is 78.0 cm³/mol. The van der Waals surface area contributed by atoms with Crippen LogP contribution in [-0.2, 0) is 4.79 Å². The van der Waals surface area contributed by atoms with E-state index >= 15 is 0 Å². The Labute approximate surface area is 117 Å². The molecule has 0 spiro atoms. The first-order chi connectivity index (χ1) is 8.72. The van der Waals surface area contributed by atoms with Gasteiger partial charge >= 0.3 is 0 Å². The van der Waals surface area contributed by atoms with Crippen LogP contribution in [0.25, 0.3) is 0 Å². The second-order valence-electron chi connectivity index (χ2n) is 5.59. The molecule has 1 amide bonds. The van der Waals surface area contributed by atoms with E-state index in [1.807, 2.05) is 0 Å². The predicted octanol–water partition coefficient (Wildman–Crippen LogP) is 4.26. The Morgan fingerprint density at radius 1 is 1.11 bits per heavy atom. The molecule has 0 heterocycles. The Bertz CT molecular complexity index is 225. The lowest BCUT2D eigenvalue weighted by Crippen LogP contribution is -2.31. The molecule has 0 saturated heterocycles. The highest BCUT2D eigenvalue weighted by atomic mass is 35.5. The summed E-state index contributed by atoms with van der Waals surface area (Å²) < 4.78 is 0. The van der Waals surface area contributed by atoms with Gasteiger partial charge in [0.05, 0.1) is 0 Å². The first-order valence-corrected chi connectivity index (χ1v) is 8.06. The Hall–Kier alpha value is -0.240. The number of rotatable bonds is 8. The highest BCUT2D eigenvalue weighted by molar-refractivity contribution is 6.20. The van der Waals surface area contributed by atoms with Crippen LogP contribution in [0.3, 0.4) is 0 Å². The maximum Gasteiger partial charge on any atom is 0.220 e. The number of amides is 1. The van der Waals surface area contributed by atoms with Crippen molar-refractivity contribution in [2.75, 3.05) is 6.54 Å². The quantitative estimate of drug-likeness (QED) is 0.520. The third kappa shape index (κ3) is 7.25. The summed E-state index contributed by atoms with van der Waals surface area (Å²) in [5.41, 5.74) is 0. The highest BCUT2D eigenvalue weighted by Crippen LogP contribution is 2.26. The van der Waals surface area contributed by atoms with Gasteiger partial charge in [0, 0.05) is 18.3 Å². The van der Waals surface area contributed by atoms with Crippen molar-refractivity contribution < 1.29 is 4.79 Å². The van der Waals surface area contributed by atoms with Crippen LogP contribution in [0.2, 0.25) is 0 Å². The summed E-state index contributed by atoms with van der Waals surface area (Å²) >= 11 is 6.07. The molecule has 0 radical (unpaired) electrons. The van der Waals surface area contributed by atoms with Gasteiger partial charge in [0.2, 0.25) is 5.91 Å². The van der Waals surface area contributed by atoms with E-state index in [-0.39, 0.29) is 5.91 Å². The molecule has 0 aromatic carbocycles. The normalized spacial score (nSPS) is 23.9. The third-order valence-corrected chi connectivity index (χ3v) is 4.31. The summed E-state index contributed by atoms with van der Waals surface area (Å²) in [6, 6.07) is 0. The van der Waals surface area contributed by atoms with E-state index in [2.05, 4.69) is 12.2 Å². The van der Waals surface area contributed by atoms with E-state index in [1.165, 1.54) is 38.5 Å². The summed E-state index contributed by atoms with van der Waals surface area (Å²) in [6.07, 6.45) is 11.3. The minimum absolute atomic E-state index is 0.236. The second-order valence-corrected chi connectivity index (χ2v) is 6.20. The zero-order valence-corrected chi connectivity index (χ0v) is 12.5. The summed E-state index contributed by atoms with van der Waals surface area (Å²) in [4.78, 5) is 11.6. The summed E-state index contributed by atoms with van der Waals surface area (Å²) in [6.45, 7) is 3.07. The van der Waals surface area contributed by atoms with Crippen LogP contribution in [0, 0.1) is 5.92 Å². The van der Waals surface area contributed by atoms with Gasteiger partial charge in [-0.2, -0.15) is 0 Å². The van der Waals surface area contributed by atoms with Crippen LogP contribution in [0.5, 0.6) is 0 Å². The van der Waals surface area contributed by atoms with E-state index in [1.54, 1.807) is 0 Å². The third-order valence-electron chi connectivity index (χ3n) is 3.87. The first-order valence-electron chi connectivity index (χ1n) is 7.63. The lowest BCUT2D eigenvalue weighted by atomic mass is 9.89. The van der Waals surface area contributed by atoms with Crippen LogP contribution in [-0.4, -0.2) is 17.8 Å². The second kappa shape index (κ2) is 9.66. The lowest BCUT2D eigenvalue weighted by molar-refractivity contribution is -0.121. The number of carbonyl (C=O) groups excluding carboxylic acids is 1. The van der Waals surface area contributed by atoms with Crippen molar-refractivity contribution in [1.82, 2.24) is 5.32 Å². The number of unbranched alkanes of at least 4 members (excludes halogenated alkanes) is 4. The van der Waals surface area contributed by atoms with Gasteiger partial charge in [0.15, 0.2) is 0 Å². The number of hydrogen-bond donors (Lipinski definition) is 1. The van der Waals surface area contributed by atoms with Crippen LogP contribution in [0.1, 0.15) is 71.1 Å². The molecule has 2 nitrogen and oxygen atoms in total. The van der Waals surface area contributed by atoms with E-state index in [9.17, 15) is 4.79 Å². The molecular weight excluding hydrogens is 246 g/mol. The molecule has 0 aliphatic heterocycles. The molecule has 0 atom stereocenters. The number of alkyl halides is 1. The fourth-order valence-electron chi connectivity index (χ4n) is 2.56. The van der Waals surface area contributed by atoms with Gasteiger partial charge < -0.3 is 5.32 Å². The maximum absolute atomic E-state index is 11.6. The minimum Gasteiger partial charge on any atom is -0.356 e. The molecule has 0 unspecified atom stereocenters. The fourth-order valence-corrected chi connectivity index (χ4v) is 2.81. The molecule has 1 N–H and O–H groups in total. The zero-order valence-electron chi connectivity index (χ0n) is 11.7. The molecule has 3 heteroatoms. The van der Waals surface area contributed by atoms with Crippen LogP contribution >= 0.6 is 11.6 Å². The molecule has 106 valence electrons. The van der Waals surface area contributed by atoms with Crippen molar-refractivity contribution in [3.05, 3.63) is 0 Å². The first kappa shape index (κ1) is 15.8. The SMILES string of the molecule is CCCCCCCC(=O)NCC1CCC(Cl)CC1. The standard InChI is InChI=1S/C15H28ClNO/c1-2-3-4-5-6-7-15(18)17-12-13-8-10-14(16)11-9-13/h13-14H,2-12H2,1H3,(H,17,18). The van der Waals surface area contributed by atoms with E-state index < -0.39 is 0 Å². The van der Waals surface area contributed by atoms with Gasteiger partial charge in [0.1, 0.15) is 0 Å². The molecule has 1 saturated carbocycles. The largest absolute Gasteiger partial charge is 0.356 e. The summed E-state index contributed by atoms with van der Waals surface area (Å²) in [7, 11) is 0. The van der Waals surface area contributed by atoms with Crippen molar-refractivity contribution in [2.24, 2.45) is 5.92 Å². The Morgan fingerprint density at radius 3 is 2.44 bits per heavy atom. The highest BCUT2D eigenvalue weighted by Gasteiger charge is 2.19. The van der Waals surface area contributed by atoms with Crippen molar-refractivity contribution in [3.8, 4) is 0 Å². The summed E-state index contributed by atoms with van der Waals surface area (Å²) in [5, 5.41) is 3.45. The molecule has 0 bridgehead atoms. The topological polar surface area (TPSA) is 29.1 Å². The molecule has 0 aromatic heterocycles. The number of carbonyl (C=O) groups is 1. The van der Waals surface area contributed by atoms with Crippen LogP contribution in [0.15, 0.2) is 0 Å². The zero-order chi connectivity index (χ0) is 13.2. The number of nitrogens with one attached hydrogen (secondary N) is 1. The molecular formula is C15H28ClNO. The Balaban J connectivity index is 1.96. The molecule has 1 fully saturated rings. The van der Waals surface area contributed by atoms with Crippen molar-refractivity contribution in [1.29, 1.82) is 0 Å². The maximum atomic E-state index is 11.6. The smallest absolute Gasteiger partial charge is 0.220 e. The molecule has 1 rings (SSSR count). The van der Waals surface area contributed by atoms with Crippen LogP contribution in [0.4, 0.5) is 0 Å². The average molecular weight is 274 g/mol. The Kier molecular flexibility index (Phi) is 8.49. The fraction of sp³-hybridized carbons (Fsp3) is 0.933. The van der Waals surface area contributed by atoms with E-state index in [0.29, 0.717) is 17.7 Å². The van der Waals surface area contributed by atoms with Gasteiger partial charge in [-0.15, -0.1) is 11.6 Å². The van der Waals surface area contributed by atoms with Crippen LogP contribution < -0.4 is 5.32 Å². The molecule has 1 aliphatic carbocycles. The van der Waals surface area contributed by atoms with Crippen molar-refractivity contribution >= 4 is 17.5 Å². The van der Waals surface area contributed by atoms with E-state index in [0.717, 1.165) is 25.8 Å². The molecule has 0 aromatic rings. The van der Waals surface area contributed by atoms with Gasteiger partial charge in [-0.1, -0.05) is 32.6 Å². The van der Waals surface area contributed by atoms with Gasteiger partial charge in [-0.3, -0.25) is 4.79 Å². The van der Waals surface area contributed by atoms with Gasteiger partial charge in [-0.05, 0) is 38.0 Å². The van der Waals surface area contributed by atoms with Gasteiger partial charge in [-0.25, -0.2) is 0 Å². The van der Waals surface area contributed by atoms with Crippen molar-refractivity contribution in [3.63, 3.8) is 0 Å². The summed E-state index contributed by atoms with van der Waals surface area (Å²) in [5.74, 6) is 0.892. The van der Waals surface area contributed by atoms with Gasteiger partial charge in [0.25, 0.3) is 0 Å². The molecule has 18 heavy (non-hydrogen) atoms. The average Bonchev–Trinajstić information content (AvgIpc) is 2.38. The number of hydrogen-bond acceptors (Lipinski definition) is 1. The Morgan fingerprint density at radius 2 is 1.78 bits per heavy atom. The lowest BCUT2D eigenvalue weighted by Gasteiger charge is -2.25. The monoisotopic (exact) mass is 273 g/mol. The van der Waals surface area contributed by atoms with E-state index in [4.69, 9.17) is 11.6 Å². The minimum atomic E-state index is 0.236. The van der Waals surface area contributed by atoms with Crippen molar-refractivity contribution in [2.45, 2.75) is 76.5 Å². The molecule has 1 aliphatic rings.